The average molecular weight is 393 g/mol. The zero-order chi connectivity index (χ0) is 20.2. The molecule has 3 heterocycles. The van der Waals surface area contributed by atoms with E-state index in [9.17, 15) is 4.79 Å². The van der Waals surface area contributed by atoms with Crippen molar-refractivity contribution < 1.29 is 9.53 Å². The Morgan fingerprint density at radius 3 is 2.86 bits per heavy atom. The third-order valence-electron chi connectivity index (χ3n) is 5.46. The van der Waals surface area contributed by atoms with E-state index in [0.717, 1.165) is 54.7 Å². The second-order valence-corrected chi connectivity index (χ2v) is 7.74. The summed E-state index contributed by atoms with van der Waals surface area (Å²) in [4.78, 5) is 22.3. The Labute approximate surface area is 171 Å². The number of H-pyrrole nitrogens is 1. The topological polar surface area (TPSA) is 70.2 Å². The SMILES string of the molecule is CCOc1cc(CN2CCC(NC(=O)c3cncc(C)c3)CC2)cc2[nH]ccc12. The van der Waals surface area contributed by atoms with E-state index in [1.807, 2.05) is 26.1 Å². The van der Waals surface area contributed by atoms with Crippen LogP contribution in [-0.2, 0) is 6.54 Å². The Morgan fingerprint density at radius 1 is 1.28 bits per heavy atom. The van der Waals surface area contributed by atoms with Crippen molar-refractivity contribution in [1.82, 2.24) is 20.2 Å². The number of ether oxygens (including phenoxy) is 1. The van der Waals surface area contributed by atoms with Crippen LogP contribution >= 0.6 is 0 Å². The van der Waals surface area contributed by atoms with Gasteiger partial charge in [-0.15, -0.1) is 0 Å². The molecule has 0 radical (unpaired) electrons. The van der Waals surface area contributed by atoms with E-state index in [2.05, 4.69) is 38.4 Å². The zero-order valence-corrected chi connectivity index (χ0v) is 17.1. The van der Waals surface area contributed by atoms with Crippen molar-refractivity contribution in [3.8, 4) is 5.75 Å². The molecule has 0 saturated carbocycles. The molecule has 0 atom stereocenters. The normalized spacial score (nSPS) is 15.5. The quantitative estimate of drug-likeness (QED) is 0.672. The Kier molecular flexibility index (Phi) is 5.81. The molecule has 0 spiro atoms. The van der Waals surface area contributed by atoms with Crippen LogP contribution < -0.4 is 10.1 Å². The molecule has 152 valence electrons. The number of pyridine rings is 1. The lowest BCUT2D eigenvalue weighted by atomic mass is 10.0. The largest absolute Gasteiger partial charge is 0.493 e. The zero-order valence-electron chi connectivity index (χ0n) is 17.1. The molecule has 1 aliphatic heterocycles. The standard InChI is InChI=1S/C23H28N4O2/c1-3-29-22-12-17(11-21-20(22)4-7-25-21)15-27-8-5-19(6-9-27)26-23(28)18-10-16(2)13-24-14-18/h4,7,10-14,19,25H,3,5-6,8-9,15H2,1-2H3,(H,26,28). The van der Waals surface area contributed by atoms with Crippen molar-refractivity contribution >= 4 is 16.8 Å². The number of hydrogen-bond donors (Lipinski definition) is 2. The molecule has 0 bridgehead atoms. The van der Waals surface area contributed by atoms with Crippen molar-refractivity contribution in [2.75, 3.05) is 19.7 Å². The monoisotopic (exact) mass is 392 g/mol. The fourth-order valence-electron chi connectivity index (χ4n) is 4.00. The molecule has 0 unspecified atom stereocenters. The minimum atomic E-state index is -0.0294. The van der Waals surface area contributed by atoms with Crippen LogP contribution in [0.15, 0.2) is 42.9 Å². The maximum atomic E-state index is 12.5. The Hall–Kier alpha value is -2.86. The molecule has 4 rings (SSSR count). The van der Waals surface area contributed by atoms with Gasteiger partial charge in [-0.05, 0) is 62.1 Å². The number of benzene rings is 1. The number of nitrogens with zero attached hydrogens (tertiary/aromatic N) is 2. The van der Waals surface area contributed by atoms with E-state index in [0.29, 0.717) is 12.2 Å². The first-order valence-electron chi connectivity index (χ1n) is 10.3. The number of aryl methyl sites for hydroxylation is 1. The molecule has 29 heavy (non-hydrogen) atoms. The number of amides is 1. The van der Waals surface area contributed by atoms with Gasteiger partial charge in [-0.1, -0.05) is 0 Å². The van der Waals surface area contributed by atoms with Crippen molar-refractivity contribution in [2.24, 2.45) is 0 Å². The van der Waals surface area contributed by atoms with Crippen LogP contribution in [0.2, 0.25) is 0 Å². The van der Waals surface area contributed by atoms with E-state index < -0.39 is 0 Å². The lowest BCUT2D eigenvalue weighted by Crippen LogP contribution is -2.44. The summed E-state index contributed by atoms with van der Waals surface area (Å²) < 4.78 is 5.83. The number of aromatic nitrogens is 2. The molecule has 1 aliphatic rings. The van der Waals surface area contributed by atoms with Gasteiger partial charge in [-0.2, -0.15) is 0 Å². The summed E-state index contributed by atoms with van der Waals surface area (Å²) in [5.74, 6) is 0.911. The van der Waals surface area contributed by atoms with Crippen molar-refractivity contribution in [3.63, 3.8) is 0 Å². The average Bonchev–Trinajstić information content (AvgIpc) is 3.19. The third kappa shape index (κ3) is 4.59. The number of fused-ring (bicyclic) bond motifs is 1. The van der Waals surface area contributed by atoms with E-state index in [-0.39, 0.29) is 11.9 Å². The van der Waals surface area contributed by atoms with Crippen LogP contribution in [0.3, 0.4) is 0 Å². The summed E-state index contributed by atoms with van der Waals surface area (Å²) in [7, 11) is 0. The second-order valence-electron chi connectivity index (χ2n) is 7.74. The highest BCUT2D eigenvalue weighted by atomic mass is 16.5. The van der Waals surface area contributed by atoms with Gasteiger partial charge in [0.25, 0.3) is 5.91 Å². The van der Waals surface area contributed by atoms with Crippen LogP contribution in [0, 0.1) is 6.92 Å². The number of piperidine rings is 1. The Balaban J connectivity index is 1.34. The summed E-state index contributed by atoms with van der Waals surface area (Å²) in [5, 5.41) is 4.29. The van der Waals surface area contributed by atoms with Crippen molar-refractivity contribution in [3.05, 3.63) is 59.5 Å². The molecular weight excluding hydrogens is 364 g/mol. The third-order valence-corrected chi connectivity index (χ3v) is 5.46. The smallest absolute Gasteiger partial charge is 0.253 e. The number of aromatic amines is 1. The van der Waals surface area contributed by atoms with Gasteiger partial charge < -0.3 is 15.0 Å². The van der Waals surface area contributed by atoms with Gasteiger partial charge in [0, 0.05) is 55.2 Å². The van der Waals surface area contributed by atoms with Crippen LogP contribution in [0.1, 0.15) is 41.3 Å². The molecule has 0 aliphatic carbocycles. The summed E-state index contributed by atoms with van der Waals surface area (Å²) >= 11 is 0. The minimum absolute atomic E-state index is 0.0294. The molecule has 2 N–H and O–H groups in total. The van der Waals surface area contributed by atoms with Gasteiger partial charge in [0.15, 0.2) is 0 Å². The summed E-state index contributed by atoms with van der Waals surface area (Å²) in [6.07, 6.45) is 7.25. The van der Waals surface area contributed by atoms with E-state index in [1.165, 1.54) is 5.56 Å². The highest BCUT2D eigenvalue weighted by Crippen LogP contribution is 2.28. The van der Waals surface area contributed by atoms with Gasteiger partial charge in [0.2, 0.25) is 0 Å². The molecule has 1 amide bonds. The van der Waals surface area contributed by atoms with Gasteiger partial charge in [0.1, 0.15) is 5.75 Å². The summed E-state index contributed by atoms with van der Waals surface area (Å²) in [5.41, 5.74) is 3.99. The van der Waals surface area contributed by atoms with Crippen molar-refractivity contribution in [1.29, 1.82) is 0 Å². The number of carbonyl (C=O) groups excluding carboxylic acids is 1. The first-order valence-corrected chi connectivity index (χ1v) is 10.3. The molecule has 1 aromatic carbocycles. The number of carbonyl (C=O) groups is 1. The first-order chi connectivity index (χ1) is 14.1. The van der Waals surface area contributed by atoms with Gasteiger partial charge in [-0.3, -0.25) is 14.7 Å². The maximum Gasteiger partial charge on any atom is 0.253 e. The predicted octanol–water partition coefficient (Wildman–Crippen LogP) is 3.66. The number of hydrogen-bond acceptors (Lipinski definition) is 4. The fourth-order valence-corrected chi connectivity index (χ4v) is 4.00. The van der Waals surface area contributed by atoms with Crippen molar-refractivity contribution in [2.45, 2.75) is 39.3 Å². The number of nitrogens with one attached hydrogen (secondary N) is 2. The van der Waals surface area contributed by atoms with Gasteiger partial charge >= 0.3 is 0 Å². The van der Waals surface area contributed by atoms with Gasteiger partial charge in [0.05, 0.1) is 12.2 Å². The lowest BCUT2D eigenvalue weighted by Gasteiger charge is -2.32. The van der Waals surface area contributed by atoms with Crippen LogP contribution in [0.25, 0.3) is 10.9 Å². The first kappa shape index (κ1) is 19.5. The van der Waals surface area contributed by atoms with Gasteiger partial charge in [-0.25, -0.2) is 0 Å². The van der Waals surface area contributed by atoms with Crippen LogP contribution in [0.5, 0.6) is 5.75 Å². The number of rotatable bonds is 6. The van der Waals surface area contributed by atoms with E-state index >= 15 is 0 Å². The van der Waals surface area contributed by atoms with E-state index in [1.54, 1.807) is 12.4 Å². The predicted molar refractivity (Wildman–Crippen MR) is 114 cm³/mol. The fraction of sp³-hybridized carbons (Fsp3) is 0.391. The Bertz CT molecular complexity index is 989. The molecule has 3 aromatic rings. The lowest BCUT2D eigenvalue weighted by molar-refractivity contribution is 0.0908. The van der Waals surface area contributed by atoms with Crippen LogP contribution in [0.4, 0.5) is 0 Å². The summed E-state index contributed by atoms with van der Waals surface area (Å²) in [6, 6.07) is 8.50. The maximum absolute atomic E-state index is 12.5. The molecule has 2 aromatic heterocycles. The minimum Gasteiger partial charge on any atom is -0.493 e. The number of likely N-dealkylation sites (tertiary alicyclic amines) is 1. The molecule has 6 nitrogen and oxygen atoms in total. The summed E-state index contributed by atoms with van der Waals surface area (Å²) in [6.45, 7) is 7.43. The molecule has 1 saturated heterocycles. The highest BCUT2D eigenvalue weighted by Gasteiger charge is 2.22. The van der Waals surface area contributed by atoms with Crippen LogP contribution in [-0.4, -0.2) is 46.5 Å². The molecule has 1 fully saturated rings. The Morgan fingerprint density at radius 2 is 2.10 bits per heavy atom. The van der Waals surface area contributed by atoms with E-state index in [4.69, 9.17) is 4.74 Å². The molecular formula is C23H28N4O2. The molecule has 6 heteroatoms. The highest BCUT2D eigenvalue weighted by molar-refractivity contribution is 5.94. The second kappa shape index (κ2) is 8.66.